The van der Waals surface area contributed by atoms with Gasteiger partial charge in [0.15, 0.2) is 11.5 Å². The fraction of sp³-hybridized carbons (Fsp3) is 0.0909. The average Bonchev–Trinajstić information content (AvgIpc) is 2.77. The Kier molecular flexibility index (Phi) is 2.15. The minimum absolute atomic E-state index is 0.269. The summed E-state index contributed by atoms with van der Waals surface area (Å²) in [6.07, 6.45) is 3.14. The highest BCUT2D eigenvalue weighted by atomic mass is 35.5. The summed E-state index contributed by atoms with van der Waals surface area (Å²) in [5, 5.41) is 0.379. The molecule has 0 bridgehead atoms. The number of ether oxygens (including phenoxy) is 2. The predicted molar refractivity (Wildman–Crippen MR) is 58.6 cm³/mol. The van der Waals surface area contributed by atoms with Crippen LogP contribution in [0.1, 0.15) is 0 Å². The standard InChI is InChI=1S/C11H7ClN2O2/c12-11-5-13-8(4-14-11)7-1-2-9-10(3-7)16-6-15-9/h1-5H,6H2. The number of benzene rings is 1. The number of halogens is 1. The molecule has 16 heavy (non-hydrogen) atoms. The molecular weight excluding hydrogens is 228 g/mol. The molecule has 0 unspecified atom stereocenters. The molecule has 1 aliphatic heterocycles. The van der Waals surface area contributed by atoms with Crippen LogP contribution in [0.15, 0.2) is 30.6 Å². The van der Waals surface area contributed by atoms with E-state index in [2.05, 4.69) is 9.97 Å². The molecule has 0 N–H and O–H groups in total. The molecule has 2 aromatic rings. The van der Waals surface area contributed by atoms with Gasteiger partial charge in [0.2, 0.25) is 6.79 Å². The number of hydrogen-bond acceptors (Lipinski definition) is 4. The largest absolute Gasteiger partial charge is 0.454 e. The van der Waals surface area contributed by atoms with E-state index >= 15 is 0 Å². The maximum absolute atomic E-state index is 5.67. The van der Waals surface area contributed by atoms with Gasteiger partial charge in [-0.05, 0) is 18.2 Å². The molecule has 4 nitrogen and oxygen atoms in total. The van der Waals surface area contributed by atoms with Crippen molar-refractivity contribution in [3.05, 3.63) is 35.7 Å². The Bertz CT molecular complexity index is 528. The molecule has 1 aliphatic rings. The average molecular weight is 235 g/mol. The summed E-state index contributed by atoms with van der Waals surface area (Å²) in [4.78, 5) is 8.16. The molecule has 0 spiro atoms. The van der Waals surface area contributed by atoms with Crippen LogP contribution in [0.25, 0.3) is 11.3 Å². The number of nitrogens with zero attached hydrogens (tertiary/aromatic N) is 2. The topological polar surface area (TPSA) is 44.2 Å². The molecule has 0 saturated carbocycles. The van der Waals surface area contributed by atoms with Crippen molar-refractivity contribution in [2.45, 2.75) is 0 Å². The second-order valence-corrected chi connectivity index (χ2v) is 3.68. The molecule has 0 radical (unpaired) electrons. The molecule has 5 heteroatoms. The van der Waals surface area contributed by atoms with Crippen LogP contribution in [-0.4, -0.2) is 16.8 Å². The Morgan fingerprint density at radius 2 is 1.94 bits per heavy atom. The SMILES string of the molecule is Clc1cnc(-c2ccc3c(c2)OCO3)cn1. The van der Waals surface area contributed by atoms with Crippen molar-refractivity contribution in [3.8, 4) is 22.8 Å². The van der Waals surface area contributed by atoms with Gasteiger partial charge in [-0.2, -0.15) is 0 Å². The summed E-state index contributed by atoms with van der Waals surface area (Å²) in [5.74, 6) is 1.49. The summed E-state index contributed by atoms with van der Waals surface area (Å²) < 4.78 is 10.5. The number of hydrogen-bond donors (Lipinski definition) is 0. The lowest BCUT2D eigenvalue weighted by atomic mass is 10.1. The summed E-state index contributed by atoms with van der Waals surface area (Å²) in [7, 11) is 0. The van der Waals surface area contributed by atoms with Gasteiger partial charge < -0.3 is 9.47 Å². The first-order valence-corrected chi connectivity index (χ1v) is 5.08. The third kappa shape index (κ3) is 1.57. The first-order chi connectivity index (χ1) is 7.83. The molecule has 0 aliphatic carbocycles. The Labute approximate surface area is 96.8 Å². The van der Waals surface area contributed by atoms with Crippen LogP contribution in [0.5, 0.6) is 11.5 Å². The van der Waals surface area contributed by atoms with Crippen LogP contribution in [0.3, 0.4) is 0 Å². The zero-order valence-electron chi connectivity index (χ0n) is 8.18. The van der Waals surface area contributed by atoms with Gasteiger partial charge >= 0.3 is 0 Å². The van der Waals surface area contributed by atoms with Gasteiger partial charge in [-0.1, -0.05) is 11.6 Å². The number of rotatable bonds is 1. The van der Waals surface area contributed by atoms with Gasteiger partial charge in [0, 0.05) is 5.56 Å². The minimum Gasteiger partial charge on any atom is -0.454 e. The molecule has 0 fully saturated rings. The Morgan fingerprint density at radius 3 is 2.75 bits per heavy atom. The molecule has 0 saturated heterocycles. The lowest BCUT2D eigenvalue weighted by Crippen LogP contribution is -1.92. The van der Waals surface area contributed by atoms with E-state index in [0.717, 1.165) is 22.8 Å². The van der Waals surface area contributed by atoms with Crippen LogP contribution in [0.4, 0.5) is 0 Å². The van der Waals surface area contributed by atoms with Crippen molar-refractivity contribution in [2.75, 3.05) is 6.79 Å². The fourth-order valence-corrected chi connectivity index (χ4v) is 1.61. The quantitative estimate of drug-likeness (QED) is 0.761. The molecule has 1 aromatic heterocycles. The predicted octanol–water partition coefficient (Wildman–Crippen LogP) is 2.53. The second kappa shape index (κ2) is 3.64. The van der Waals surface area contributed by atoms with E-state index < -0.39 is 0 Å². The lowest BCUT2D eigenvalue weighted by Gasteiger charge is -2.01. The monoisotopic (exact) mass is 234 g/mol. The van der Waals surface area contributed by atoms with Crippen molar-refractivity contribution >= 4 is 11.6 Å². The highest BCUT2D eigenvalue weighted by Gasteiger charge is 2.14. The number of fused-ring (bicyclic) bond motifs is 1. The molecule has 0 atom stereocenters. The number of aromatic nitrogens is 2. The van der Waals surface area contributed by atoms with Crippen molar-refractivity contribution in [1.82, 2.24) is 9.97 Å². The summed E-state index contributed by atoms with van der Waals surface area (Å²) in [6.45, 7) is 0.269. The van der Waals surface area contributed by atoms with Crippen LogP contribution in [0.2, 0.25) is 5.15 Å². The zero-order chi connectivity index (χ0) is 11.0. The summed E-state index contributed by atoms with van der Waals surface area (Å²) in [6, 6.07) is 5.64. The summed E-state index contributed by atoms with van der Waals surface area (Å²) in [5.41, 5.74) is 1.68. The first kappa shape index (κ1) is 9.42. The van der Waals surface area contributed by atoms with E-state index in [0.29, 0.717) is 5.15 Å². The fourth-order valence-electron chi connectivity index (χ4n) is 1.52. The minimum atomic E-state index is 0.269. The van der Waals surface area contributed by atoms with Crippen LogP contribution < -0.4 is 9.47 Å². The molecule has 80 valence electrons. The van der Waals surface area contributed by atoms with Crippen molar-refractivity contribution in [2.24, 2.45) is 0 Å². The maximum atomic E-state index is 5.67. The normalized spacial score (nSPS) is 12.8. The zero-order valence-corrected chi connectivity index (χ0v) is 8.94. The van der Waals surface area contributed by atoms with Crippen LogP contribution in [-0.2, 0) is 0 Å². The van der Waals surface area contributed by atoms with E-state index in [1.807, 2.05) is 18.2 Å². The first-order valence-electron chi connectivity index (χ1n) is 4.70. The van der Waals surface area contributed by atoms with Gasteiger partial charge in [0.1, 0.15) is 5.15 Å². The Morgan fingerprint density at radius 1 is 1.06 bits per heavy atom. The van der Waals surface area contributed by atoms with Crippen molar-refractivity contribution in [3.63, 3.8) is 0 Å². The van der Waals surface area contributed by atoms with Crippen molar-refractivity contribution in [1.29, 1.82) is 0 Å². The van der Waals surface area contributed by atoms with E-state index in [1.165, 1.54) is 6.20 Å². The van der Waals surface area contributed by atoms with E-state index in [-0.39, 0.29) is 6.79 Å². The van der Waals surface area contributed by atoms with Crippen molar-refractivity contribution < 1.29 is 9.47 Å². The molecule has 3 rings (SSSR count). The second-order valence-electron chi connectivity index (χ2n) is 3.29. The third-order valence-corrected chi connectivity index (χ3v) is 2.48. The highest BCUT2D eigenvalue weighted by Crippen LogP contribution is 2.35. The van der Waals surface area contributed by atoms with E-state index in [4.69, 9.17) is 21.1 Å². The van der Waals surface area contributed by atoms with Gasteiger partial charge in [-0.15, -0.1) is 0 Å². The van der Waals surface area contributed by atoms with Crippen LogP contribution in [0, 0.1) is 0 Å². The third-order valence-electron chi connectivity index (χ3n) is 2.29. The van der Waals surface area contributed by atoms with Gasteiger partial charge in [-0.25, -0.2) is 4.98 Å². The maximum Gasteiger partial charge on any atom is 0.231 e. The summed E-state index contributed by atoms with van der Waals surface area (Å²) >= 11 is 5.67. The molecule has 1 aromatic carbocycles. The highest BCUT2D eigenvalue weighted by molar-refractivity contribution is 6.29. The molecule has 0 amide bonds. The smallest absolute Gasteiger partial charge is 0.231 e. The van der Waals surface area contributed by atoms with Gasteiger partial charge in [0.25, 0.3) is 0 Å². The molecular formula is C11H7ClN2O2. The van der Waals surface area contributed by atoms with Gasteiger partial charge in [0.05, 0.1) is 18.1 Å². The van der Waals surface area contributed by atoms with E-state index in [1.54, 1.807) is 6.20 Å². The molecule has 2 heterocycles. The van der Waals surface area contributed by atoms with Crippen LogP contribution >= 0.6 is 11.6 Å². The Balaban J connectivity index is 2.03. The van der Waals surface area contributed by atoms with E-state index in [9.17, 15) is 0 Å². The van der Waals surface area contributed by atoms with Gasteiger partial charge in [-0.3, -0.25) is 4.98 Å². The lowest BCUT2D eigenvalue weighted by molar-refractivity contribution is 0.174. The Hall–Kier alpha value is -1.81.